The van der Waals surface area contributed by atoms with Crippen LogP contribution in [0.3, 0.4) is 0 Å². The van der Waals surface area contributed by atoms with E-state index in [1.54, 1.807) is 4.90 Å². The molecule has 1 aliphatic heterocycles. The highest BCUT2D eigenvalue weighted by atomic mass is 16.5. The lowest BCUT2D eigenvalue weighted by Crippen LogP contribution is -2.51. The third-order valence-electron chi connectivity index (χ3n) is 2.79. The van der Waals surface area contributed by atoms with Crippen molar-refractivity contribution in [3.63, 3.8) is 0 Å². The Morgan fingerprint density at radius 2 is 1.94 bits per heavy atom. The van der Waals surface area contributed by atoms with Gasteiger partial charge in [0.25, 0.3) is 0 Å². The van der Waals surface area contributed by atoms with Gasteiger partial charge in [0.15, 0.2) is 0 Å². The highest BCUT2D eigenvalue weighted by Gasteiger charge is 2.25. The Hall–Kier alpha value is -1.30. The van der Waals surface area contributed by atoms with Crippen LogP contribution in [-0.2, 0) is 14.3 Å². The van der Waals surface area contributed by atoms with Crippen molar-refractivity contribution in [3.05, 3.63) is 0 Å². The first-order chi connectivity index (χ1) is 8.54. The van der Waals surface area contributed by atoms with Gasteiger partial charge in [-0.2, -0.15) is 0 Å². The molecule has 1 N–H and O–H groups in total. The van der Waals surface area contributed by atoms with Gasteiger partial charge in [-0.05, 0) is 12.3 Å². The van der Waals surface area contributed by atoms with Gasteiger partial charge in [0.2, 0.25) is 0 Å². The van der Waals surface area contributed by atoms with E-state index in [9.17, 15) is 9.59 Å². The molecule has 0 radical (unpaired) electrons. The number of hydrogen-bond donors (Lipinski definition) is 1. The Balaban J connectivity index is 2.52. The molecule has 1 saturated heterocycles. The highest BCUT2D eigenvalue weighted by Crippen LogP contribution is 2.07. The second-order valence-electron chi connectivity index (χ2n) is 4.75. The van der Waals surface area contributed by atoms with Gasteiger partial charge < -0.3 is 19.7 Å². The minimum atomic E-state index is -0.578. The molecule has 0 aromatic rings. The summed E-state index contributed by atoms with van der Waals surface area (Å²) in [6.45, 7) is 6.19. The molecule has 0 aliphatic carbocycles. The summed E-state index contributed by atoms with van der Waals surface area (Å²) in [7, 11) is 1.33. The van der Waals surface area contributed by atoms with Gasteiger partial charge in [0.1, 0.15) is 6.04 Å². The van der Waals surface area contributed by atoms with Crippen molar-refractivity contribution in [2.24, 2.45) is 5.92 Å². The molecule has 0 spiro atoms. The Kier molecular flexibility index (Phi) is 5.91. The van der Waals surface area contributed by atoms with E-state index in [2.05, 4.69) is 5.32 Å². The Bertz CT molecular complexity index is 288. The van der Waals surface area contributed by atoms with Crippen LogP contribution in [0.2, 0.25) is 0 Å². The van der Waals surface area contributed by atoms with E-state index in [1.807, 2.05) is 13.8 Å². The fourth-order valence-corrected chi connectivity index (χ4v) is 1.83. The molecule has 104 valence electrons. The number of rotatable bonds is 4. The Morgan fingerprint density at radius 1 is 1.33 bits per heavy atom. The average Bonchev–Trinajstić information content (AvgIpc) is 2.37. The monoisotopic (exact) mass is 258 g/mol. The number of nitrogens with zero attached hydrogens (tertiary/aromatic N) is 1. The maximum absolute atomic E-state index is 12.0. The quantitative estimate of drug-likeness (QED) is 0.750. The standard InChI is InChI=1S/C12H22N2O4/c1-9(2)8-10(11(15)17-3)13-12(16)14-4-6-18-7-5-14/h9-10H,4-8H2,1-3H3,(H,13,16)/t10-/m0/s1. The van der Waals surface area contributed by atoms with Crippen LogP contribution in [0, 0.1) is 5.92 Å². The molecule has 1 rings (SSSR count). The van der Waals surface area contributed by atoms with Crippen LogP contribution in [0.1, 0.15) is 20.3 Å². The lowest BCUT2D eigenvalue weighted by Gasteiger charge is -2.29. The van der Waals surface area contributed by atoms with E-state index < -0.39 is 12.0 Å². The lowest BCUT2D eigenvalue weighted by atomic mass is 10.0. The number of hydrogen-bond acceptors (Lipinski definition) is 4. The summed E-state index contributed by atoms with van der Waals surface area (Å²) in [4.78, 5) is 25.2. The van der Waals surface area contributed by atoms with Crippen molar-refractivity contribution < 1.29 is 19.1 Å². The van der Waals surface area contributed by atoms with Gasteiger partial charge in [0, 0.05) is 13.1 Å². The van der Waals surface area contributed by atoms with E-state index in [1.165, 1.54) is 7.11 Å². The first-order valence-corrected chi connectivity index (χ1v) is 6.25. The molecule has 0 bridgehead atoms. The van der Waals surface area contributed by atoms with Gasteiger partial charge >= 0.3 is 12.0 Å². The van der Waals surface area contributed by atoms with Crippen molar-refractivity contribution in [1.29, 1.82) is 0 Å². The van der Waals surface area contributed by atoms with Crippen LogP contribution in [0.25, 0.3) is 0 Å². The summed E-state index contributed by atoms with van der Waals surface area (Å²) in [5.74, 6) is -0.0931. The molecular weight excluding hydrogens is 236 g/mol. The zero-order valence-corrected chi connectivity index (χ0v) is 11.3. The predicted molar refractivity (Wildman–Crippen MR) is 66.2 cm³/mol. The minimum absolute atomic E-state index is 0.227. The van der Waals surface area contributed by atoms with Crippen LogP contribution in [0.4, 0.5) is 4.79 Å². The number of carbonyl (C=O) groups is 2. The van der Waals surface area contributed by atoms with Crippen molar-refractivity contribution in [2.45, 2.75) is 26.3 Å². The van der Waals surface area contributed by atoms with Crippen molar-refractivity contribution in [2.75, 3.05) is 33.4 Å². The summed E-state index contributed by atoms with van der Waals surface area (Å²) >= 11 is 0. The normalized spacial score (nSPS) is 17.4. The van der Waals surface area contributed by atoms with E-state index in [4.69, 9.17) is 9.47 Å². The number of esters is 1. The zero-order chi connectivity index (χ0) is 13.5. The first-order valence-electron chi connectivity index (χ1n) is 6.25. The number of urea groups is 1. The van der Waals surface area contributed by atoms with Crippen LogP contribution >= 0.6 is 0 Å². The van der Waals surface area contributed by atoms with E-state index in [0.29, 0.717) is 38.6 Å². The molecule has 0 unspecified atom stereocenters. The molecule has 2 amide bonds. The average molecular weight is 258 g/mol. The van der Waals surface area contributed by atoms with Gasteiger partial charge in [0.05, 0.1) is 20.3 Å². The van der Waals surface area contributed by atoms with Crippen molar-refractivity contribution >= 4 is 12.0 Å². The second-order valence-corrected chi connectivity index (χ2v) is 4.75. The van der Waals surface area contributed by atoms with Crippen LogP contribution in [0.15, 0.2) is 0 Å². The molecule has 1 atom stereocenters. The van der Waals surface area contributed by atoms with Gasteiger partial charge in [-0.3, -0.25) is 0 Å². The summed E-state index contributed by atoms with van der Waals surface area (Å²) in [6.07, 6.45) is 0.572. The maximum atomic E-state index is 12.0. The molecule has 1 aliphatic rings. The van der Waals surface area contributed by atoms with Gasteiger partial charge in [-0.1, -0.05) is 13.8 Å². The zero-order valence-electron chi connectivity index (χ0n) is 11.3. The Morgan fingerprint density at radius 3 is 2.44 bits per heavy atom. The molecule has 6 heteroatoms. The van der Waals surface area contributed by atoms with Crippen molar-refractivity contribution in [3.8, 4) is 0 Å². The number of amides is 2. The third-order valence-corrected chi connectivity index (χ3v) is 2.79. The molecule has 0 saturated carbocycles. The first kappa shape index (κ1) is 14.8. The molecule has 1 fully saturated rings. The summed E-state index contributed by atoms with van der Waals surface area (Å²) < 4.78 is 9.88. The van der Waals surface area contributed by atoms with E-state index in [0.717, 1.165) is 0 Å². The summed E-state index contributed by atoms with van der Waals surface area (Å²) in [6, 6.07) is -0.806. The Labute approximate surface area is 108 Å². The van der Waals surface area contributed by atoms with Crippen LogP contribution in [0.5, 0.6) is 0 Å². The molecule has 1 heterocycles. The number of ether oxygens (including phenoxy) is 2. The largest absolute Gasteiger partial charge is 0.467 e. The smallest absolute Gasteiger partial charge is 0.328 e. The number of carbonyl (C=O) groups excluding carboxylic acids is 2. The fraction of sp³-hybridized carbons (Fsp3) is 0.833. The highest BCUT2D eigenvalue weighted by molar-refractivity contribution is 5.83. The lowest BCUT2D eigenvalue weighted by molar-refractivity contribution is -0.143. The molecule has 0 aromatic carbocycles. The van der Waals surface area contributed by atoms with Crippen LogP contribution < -0.4 is 5.32 Å². The minimum Gasteiger partial charge on any atom is -0.467 e. The fourth-order valence-electron chi connectivity index (χ4n) is 1.83. The van der Waals surface area contributed by atoms with Gasteiger partial charge in [-0.25, -0.2) is 9.59 Å². The predicted octanol–water partition coefficient (Wildman–Crippen LogP) is 0.616. The molecule has 18 heavy (non-hydrogen) atoms. The van der Waals surface area contributed by atoms with E-state index in [-0.39, 0.29) is 6.03 Å². The second kappa shape index (κ2) is 7.20. The van der Waals surface area contributed by atoms with E-state index >= 15 is 0 Å². The maximum Gasteiger partial charge on any atom is 0.328 e. The van der Waals surface area contributed by atoms with Gasteiger partial charge in [-0.15, -0.1) is 0 Å². The SMILES string of the molecule is COC(=O)[C@H](CC(C)C)NC(=O)N1CCOCC1. The summed E-state index contributed by atoms with van der Waals surface area (Å²) in [5.41, 5.74) is 0. The number of morpholine rings is 1. The van der Waals surface area contributed by atoms with Crippen molar-refractivity contribution in [1.82, 2.24) is 10.2 Å². The number of nitrogens with one attached hydrogen (secondary N) is 1. The third kappa shape index (κ3) is 4.52. The number of methoxy groups -OCH3 is 1. The van der Waals surface area contributed by atoms with Crippen LogP contribution in [-0.4, -0.2) is 56.4 Å². The topological polar surface area (TPSA) is 67.9 Å². The molecular formula is C12H22N2O4. The molecule has 0 aromatic heterocycles. The molecule has 6 nitrogen and oxygen atoms in total. The summed E-state index contributed by atoms with van der Waals surface area (Å²) in [5, 5.41) is 2.73.